The van der Waals surface area contributed by atoms with Crippen LogP contribution in [0.25, 0.3) is 0 Å². The average molecular weight is 374 g/mol. The van der Waals surface area contributed by atoms with E-state index in [0.29, 0.717) is 5.13 Å². The molecule has 0 aliphatic carbocycles. The van der Waals surface area contributed by atoms with E-state index in [4.69, 9.17) is 0 Å². The normalized spacial score (nSPS) is 10.3. The third-order valence-electron chi connectivity index (χ3n) is 2.24. The van der Waals surface area contributed by atoms with Crippen LogP contribution in [-0.2, 0) is 16.2 Å². The highest BCUT2D eigenvalue weighted by atomic mass is 79.9. The van der Waals surface area contributed by atoms with Crippen LogP contribution in [0.5, 0.6) is 0 Å². The molecule has 1 amide bonds. The highest BCUT2D eigenvalue weighted by molar-refractivity contribution is 9.10. The Balaban J connectivity index is 1.81. The van der Waals surface area contributed by atoms with E-state index >= 15 is 0 Å². The van der Waals surface area contributed by atoms with E-state index in [-0.39, 0.29) is 0 Å². The van der Waals surface area contributed by atoms with Crippen LogP contribution >= 0.6 is 39.0 Å². The Morgan fingerprint density at radius 1 is 1.45 bits per heavy atom. The Bertz CT molecular complexity index is 592. The molecule has 106 valence electrons. The maximum Gasteiger partial charge on any atom is 0.413 e. The molecule has 0 saturated carbocycles. The summed E-state index contributed by atoms with van der Waals surface area (Å²) in [6.07, 6.45) is -0.533. The predicted molar refractivity (Wildman–Crippen MR) is 85.1 cm³/mol. The highest BCUT2D eigenvalue weighted by Gasteiger charge is 2.07. The maximum atomic E-state index is 11.0. The van der Waals surface area contributed by atoms with Crippen LogP contribution in [0.15, 0.2) is 28.7 Å². The van der Waals surface area contributed by atoms with E-state index in [9.17, 15) is 4.79 Å². The molecule has 8 heteroatoms. The van der Waals surface area contributed by atoms with Gasteiger partial charge in [0.25, 0.3) is 0 Å². The molecule has 5 nitrogen and oxygen atoms in total. The van der Waals surface area contributed by atoms with Gasteiger partial charge in [0.05, 0.1) is 7.11 Å². The molecule has 0 radical (unpaired) electrons. The van der Waals surface area contributed by atoms with Gasteiger partial charge in [0.2, 0.25) is 5.13 Å². The summed E-state index contributed by atoms with van der Waals surface area (Å²) in [4.78, 5) is 11.0. The van der Waals surface area contributed by atoms with Crippen LogP contribution in [0.3, 0.4) is 0 Å². The van der Waals surface area contributed by atoms with Crippen molar-refractivity contribution in [3.8, 4) is 0 Å². The lowest BCUT2D eigenvalue weighted by molar-refractivity contribution is 0.187. The molecule has 0 fully saturated rings. The summed E-state index contributed by atoms with van der Waals surface area (Å²) in [5.74, 6) is 1.66. The van der Waals surface area contributed by atoms with Gasteiger partial charge in [0, 0.05) is 16.0 Å². The van der Waals surface area contributed by atoms with Crippen molar-refractivity contribution in [2.75, 3.05) is 12.4 Å². The van der Waals surface area contributed by atoms with Gasteiger partial charge in [-0.05, 0) is 17.7 Å². The third-order valence-corrected chi connectivity index (χ3v) is 4.77. The van der Waals surface area contributed by atoms with Gasteiger partial charge in [-0.15, -0.1) is 22.0 Å². The number of thioether (sulfide) groups is 1. The summed E-state index contributed by atoms with van der Waals surface area (Å²) in [7, 11) is 1.31. The molecule has 0 aliphatic heterocycles. The number of hydrogen-bond acceptors (Lipinski definition) is 6. The number of benzene rings is 1. The molecule has 1 aromatic heterocycles. The lowest BCUT2D eigenvalue weighted by Crippen LogP contribution is -2.10. The topological polar surface area (TPSA) is 64.1 Å². The summed E-state index contributed by atoms with van der Waals surface area (Å²) in [5, 5.41) is 11.7. The number of aromatic nitrogens is 2. The number of ether oxygens (including phenoxy) is 1. The van der Waals surface area contributed by atoms with Crippen molar-refractivity contribution in [1.82, 2.24) is 10.2 Å². The van der Waals surface area contributed by atoms with Crippen molar-refractivity contribution in [3.05, 3.63) is 39.3 Å². The number of nitrogens with zero attached hydrogens (tertiary/aromatic N) is 2. The number of methoxy groups -OCH3 is 1. The van der Waals surface area contributed by atoms with E-state index in [2.05, 4.69) is 48.3 Å². The fourth-order valence-corrected chi connectivity index (χ4v) is 3.59. The second-order valence-electron chi connectivity index (χ2n) is 3.74. The molecular formula is C12H12BrN3O2S2. The third kappa shape index (κ3) is 4.77. The van der Waals surface area contributed by atoms with Crippen LogP contribution in [0.2, 0.25) is 0 Å². The molecule has 1 heterocycles. The molecule has 1 N–H and O–H groups in total. The standard InChI is InChI=1S/C12H12BrN3O2S2/c1-18-12(17)14-11-16-15-10(20-11)7-19-6-8-3-2-4-9(13)5-8/h2-5H,6-7H2,1H3,(H,14,16,17). The first-order valence-corrected chi connectivity index (χ1v) is 8.43. The number of amides is 1. The second kappa shape index (κ2) is 7.61. The first-order chi connectivity index (χ1) is 9.67. The first kappa shape index (κ1) is 15.3. The van der Waals surface area contributed by atoms with Gasteiger partial charge >= 0.3 is 6.09 Å². The molecular weight excluding hydrogens is 362 g/mol. The molecule has 1 aromatic carbocycles. The van der Waals surface area contributed by atoms with Crippen molar-refractivity contribution < 1.29 is 9.53 Å². The Morgan fingerprint density at radius 3 is 3.05 bits per heavy atom. The van der Waals surface area contributed by atoms with E-state index in [0.717, 1.165) is 21.0 Å². The van der Waals surface area contributed by atoms with Crippen molar-refractivity contribution in [2.45, 2.75) is 11.5 Å². The highest BCUT2D eigenvalue weighted by Crippen LogP contribution is 2.23. The molecule has 0 aliphatic rings. The van der Waals surface area contributed by atoms with Gasteiger partial charge in [-0.3, -0.25) is 5.32 Å². The van der Waals surface area contributed by atoms with E-state index < -0.39 is 6.09 Å². The Labute approximate surface area is 133 Å². The fourth-order valence-electron chi connectivity index (χ4n) is 1.38. The molecule has 0 unspecified atom stereocenters. The molecule has 0 saturated heterocycles. The summed E-state index contributed by atoms with van der Waals surface area (Å²) in [6.45, 7) is 0. The zero-order valence-electron chi connectivity index (χ0n) is 10.6. The van der Waals surface area contributed by atoms with Gasteiger partial charge in [-0.2, -0.15) is 0 Å². The molecule has 2 aromatic rings. The zero-order valence-corrected chi connectivity index (χ0v) is 13.8. The number of carbonyl (C=O) groups is 1. The summed E-state index contributed by atoms with van der Waals surface area (Å²) in [6, 6.07) is 8.20. The monoisotopic (exact) mass is 373 g/mol. The van der Waals surface area contributed by atoms with Crippen LogP contribution in [0.1, 0.15) is 10.6 Å². The molecule has 0 atom stereocenters. The maximum absolute atomic E-state index is 11.0. The lowest BCUT2D eigenvalue weighted by atomic mass is 10.2. The number of carbonyl (C=O) groups excluding carboxylic acids is 1. The van der Waals surface area contributed by atoms with E-state index in [1.54, 1.807) is 11.8 Å². The SMILES string of the molecule is COC(=O)Nc1nnc(CSCc2cccc(Br)c2)s1. The summed E-state index contributed by atoms with van der Waals surface area (Å²) < 4.78 is 5.57. The lowest BCUT2D eigenvalue weighted by Gasteiger charge is -2.00. The summed E-state index contributed by atoms with van der Waals surface area (Å²) >= 11 is 6.55. The van der Waals surface area contributed by atoms with Gasteiger partial charge in [-0.1, -0.05) is 39.4 Å². The minimum absolute atomic E-state index is 0.454. The molecule has 2 rings (SSSR count). The van der Waals surface area contributed by atoms with Crippen molar-refractivity contribution in [1.29, 1.82) is 0 Å². The average Bonchev–Trinajstić information content (AvgIpc) is 2.86. The minimum atomic E-state index is -0.533. The zero-order chi connectivity index (χ0) is 14.4. The smallest absolute Gasteiger partial charge is 0.413 e. The van der Waals surface area contributed by atoms with Crippen molar-refractivity contribution >= 4 is 50.3 Å². The first-order valence-electron chi connectivity index (χ1n) is 5.67. The number of rotatable bonds is 5. The van der Waals surface area contributed by atoms with E-state index in [1.807, 2.05) is 12.1 Å². The summed E-state index contributed by atoms with van der Waals surface area (Å²) in [5.41, 5.74) is 1.25. The van der Waals surface area contributed by atoms with Crippen LogP contribution in [0.4, 0.5) is 9.93 Å². The molecule has 0 bridgehead atoms. The number of halogens is 1. The van der Waals surface area contributed by atoms with Crippen molar-refractivity contribution in [2.24, 2.45) is 0 Å². The van der Waals surface area contributed by atoms with Gasteiger partial charge in [-0.25, -0.2) is 4.79 Å². The van der Waals surface area contributed by atoms with Crippen LogP contribution < -0.4 is 5.32 Å². The number of hydrogen-bond donors (Lipinski definition) is 1. The largest absolute Gasteiger partial charge is 0.453 e. The quantitative estimate of drug-likeness (QED) is 0.860. The Hall–Kier alpha value is -1.12. The molecule has 0 spiro atoms. The molecule has 20 heavy (non-hydrogen) atoms. The van der Waals surface area contributed by atoms with E-state index in [1.165, 1.54) is 24.0 Å². The van der Waals surface area contributed by atoms with Gasteiger partial charge in [0.1, 0.15) is 5.01 Å². The minimum Gasteiger partial charge on any atom is -0.453 e. The van der Waals surface area contributed by atoms with Crippen LogP contribution in [-0.4, -0.2) is 23.4 Å². The Kier molecular flexibility index (Phi) is 5.81. The van der Waals surface area contributed by atoms with Crippen LogP contribution in [0, 0.1) is 0 Å². The number of anilines is 1. The second-order valence-corrected chi connectivity index (χ2v) is 6.70. The predicted octanol–water partition coefficient (Wildman–Crippen LogP) is 3.91. The van der Waals surface area contributed by atoms with Gasteiger partial charge in [0.15, 0.2) is 0 Å². The Morgan fingerprint density at radius 2 is 2.30 bits per heavy atom. The number of nitrogens with one attached hydrogen (secondary N) is 1. The van der Waals surface area contributed by atoms with Gasteiger partial charge < -0.3 is 4.74 Å². The van der Waals surface area contributed by atoms with Crippen molar-refractivity contribution in [3.63, 3.8) is 0 Å². The fraction of sp³-hybridized carbons (Fsp3) is 0.250.